The van der Waals surface area contributed by atoms with Gasteiger partial charge in [-0.2, -0.15) is 0 Å². The first-order chi connectivity index (χ1) is 9.40. The van der Waals surface area contributed by atoms with Gasteiger partial charge in [0.05, 0.1) is 10.2 Å². The molecule has 1 aromatic heterocycles. The first-order valence-corrected chi connectivity index (χ1v) is 8.08. The Bertz CT molecular complexity index is 430. The summed E-state index contributed by atoms with van der Waals surface area (Å²) in [5.41, 5.74) is 0.977. The molecule has 114 valence electrons. The maximum atomic E-state index is 5.57. The molecule has 0 bridgehead atoms. The van der Waals surface area contributed by atoms with Crippen molar-refractivity contribution < 1.29 is 4.74 Å². The van der Waals surface area contributed by atoms with Gasteiger partial charge < -0.3 is 10.1 Å². The fourth-order valence-electron chi connectivity index (χ4n) is 1.72. The minimum absolute atomic E-state index is 0.0378. The van der Waals surface area contributed by atoms with Gasteiger partial charge in [0.15, 0.2) is 5.82 Å². The lowest BCUT2D eigenvalue weighted by atomic mass is 9.92. The van der Waals surface area contributed by atoms with Crippen LogP contribution in [-0.4, -0.2) is 23.1 Å². The maximum absolute atomic E-state index is 5.57. The van der Waals surface area contributed by atoms with E-state index in [9.17, 15) is 0 Å². The number of anilines is 1. The van der Waals surface area contributed by atoms with Crippen LogP contribution in [0.15, 0.2) is 4.47 Å². The molecule has 0 saturated carbocycles. The molecule has 0 aromatic carbocycles. The Balaban J connectivity index is 3.06. The maximum Gasteiger partial charge on any atom is 0.156 e. The smallest absolute Gasteiger partial charge is 0.156 e. The number of nitrogens with zero attached hydrogens (tertiary/aromatic N) is 2. The van der Waals surface area contributed by atoms with E-state index in [4.69, 9.17) is 4.74 Å². The Morgan fingerprint density at radius 3 is 2.40 bits per heavy atom. The normalized spacial score (nSPS) is 11.7. The highest BCUT2D eigenvalue weighted by molar-refractivity contribution is 9.10. The molecule has 0 aliphatic carbocycles. The summed E-state index contributed by atoms with van der Waals surface area (Å²) in [4.78, 5) is 9.22. The molecule has 0 radical (unpaired) electrons. The number of rotatable bonds is 7. The predicted octanol–water partition coefficient (Wildman–Crippen LogP) is 4.29. The zero-order valence-electron chi connectivity index (χ0n) is 13.2. The molecule has 0 spiro atoms. The summed E-state index contributed by atoms with van der Waals surface area (Å²) in [6, 6.07) is 0. The minimum Gasteiger partial charge on any atom is -0.373 e. The van der Waals surface area contributed by atoms with Gasteiger partial charge >= 0.3 is 0 Å². The van der Waals surface area contributed by atoms with Crippen LogP contribution in [0.3, 0.4) is 0 Å². The number of hydrogen-bond donors (Lipinski definition) is 1. The molecule has 4 nitrogen and oxygen atoms in total. The van der Waals surface area contributed by atoms with Crippen LogP contribution in [-0.2, 0) is 16.8 Å². The van der Waals surface area contributed by atoms with Crippen LogP contribution in [0, 0.1) is 0 Å². The molecular weight excluding hydrogens is 318 g/mol. The Labute approximate surface area is 130 Å². The monoisotopic (exact) mass is 343 g/mol. The van der Waals surface area contributed by atoms with E-state index in [0.717, 1.165) is 47.8 Å². The lowest BCUT2D eigenvalue weighted by Crippen LogP contribution is -2.19. The molecule has 1 aromatic rings. The Morgan fingerprint density at radius 2 is 1.85 bits per heavy atom. The van der Waals surface area contributed by atoms with E-state index in [1.807, 2.05) is 0 Å². The summed E-state index contributed by atoms with van der Waals surface area (Å²) < 4.78 is 6.52. The summed E-state index contributed by atoms with van der Waals surface area (Å²) in [5, 5.41) is 3.35. The molecule has 1 rings (SSSR count). The van der Waals surface area contributed by atoms with Crippen LogP contribution in [0.4, 0.5) is 5.82 Å². The van der Waals surface area contributed by atoms with Crippen LogP contribution >= 0.6 is 15.9 Å². The van der Waals surface area contributed by atoms with Crippen molar-refractivity contribution in [2.75, 3.05) is 18.5 Å². The zero-order valence-corrected chi connectivity index (χ0v) is 14.8. The standard InChI is InChI=1S/C15H26BrN3O/c1-6-8-17-14-12(16)13(15(3,4)5)18-11(19-14)10-20-9-7-2/h6-10H2,1-5H3,(H,17,18,19). The van der Waals surface area contributed by atoms with E-state index in [1.54, 1.807) is 0 Å². The van der Waals surface area contributed by atoms with E-state index in [0.29, 0.717) is 6.61 Å². The molecule has 0 unspecified atom stereocenters. The van der Waals surface area contributed by atoms with E-state index >= 15 is 0 Å². The molecule has 0 atom stereocenters. The summed E-state index contributed by atoms with van der Waals surface area (Å²) >= 11 is 3.63. The average molecular weight is 344 g/mol. The summed E-state index contributed by atoms with van der Waals surface area (Å²) in [6.07, 6.45) is 2.06. The fraction of sp³-hybridized carbons (Fsp3) is 0.733. The van der Waals surface area contributed by atoms with Crippen molar-refractivity contribution in [3.05, 3.63) is 16.0 Å². The molecule has 0 amide bonds. The van der Waals surface area contributed by atoms with Gasteiger partial charge in [0.1, 0.15) is 12.4 Å². The van der Waals surface area contributed by atoms with E-state index in [2.05, 4.69) is 65.8 Å². The summed E-state index contributed by atoms with van der Waals surface area (Å²) in [6.45, 7) is 12.8. The van der Waals surface area contributed by atoms with E-state index < -0.39 is 0 Å². The van der Waals surface area contributed by atoms with Crippen molar-refractivity contribution in [2.45, 2.75) is 59.5 Å². The Morgan fingerprint density at radius 1 is 1.15 bits per heavy atom. The van der Waals surface area contributed by atoms with Crippen LogP contribution in [0.2, 0.25) is 0 Å². The van der Waals surface area contributed by atoms with Crippen molar-refractivity contribution in [3.8, 4) is 0 Å². The first-order valence-electron chi connectivity index (χ1n) is 7.28. The van der Waals surface area contributed by atoms with E-state index in [-0.39, 0.29) is 5.41 Å². The number of nitrogens with one attached hydrogen (secondary N) is 1. The zero-order chi connectivity index (χ0) is 15.2. The Kier molecular flexibility index (Phi) is 6.89. The van der Waals surface area contributed by atoms with Crippen LogP contribution < -0.4 is 5.32 Å². The molecule has 0 aliphatic rings. The molecule has 0 saturated heterocycles. The van der Waals surface area contributed by atoms with Gasteiger partial charge in [0.25, 0.3) is 0 Å². The van der Waals surface area contributed by atoms with Gasteiger partial charge in [-0.05, 0) is 28.8 Å². The first kappa shape index (κ1) is 17.4. The number of halogens is 1. The molecule has 20 heavy (non-hydrogen) atoms. The molecule has 1 heterocycles. The second kappa shape index (κ2) is 7.93. The highest BCUT2D eigenvalue weighted by atomic mass is 79.9. The van der Waals surface area contributed by atoms with Crippen molar-refractivity contribution in [3.63, 3.8) is 0 Å². The second-order valence-electron chi connectivity index (χ2n) is 5.88. The van der Waals surface area contributed by atoms with Crippen LogP contribution in [0.1, 0.15) is 59.0 Å². The van der Waals surface area contributed by atoms with Crippen LogP contribution in [0.25, 0.3) is 0 Å². The van der Waals surface area contributed by atoms with Gasteiger partial charge in [0, 0.05) is 18.6 Å². The second-order valence-corrected chi connectivity index (χ2v) is 6.67. The van der Waals surface area contributed by atoms with Crippen molar-refractivity contribution in [2.24, 2.45) is 0 Å². The quantitative estimate of drug-likeness (QED) is 0.750. The minimum atomic E-state index is -0.0378. The number of ether oxygens (including phenoxy) is 1. The number of aromatic nitrogens is 2. The van der Waals surface area contributed by atoms with Gasteiger partial charge in [-0.25, -0.2) is 9.97 Å². The van der Waals surface area contributed by atoms with E-state index in [1.165, 1.54) is 0 Å². The molecule has 5 heteroatoms. The lowest BCUT2D eigenvalue weighted by molar-refractivity contribution is 0.116. The van der Waals surface area contributed by atoms with Crippen molar-refractivity contribution in [1.82, 2.24) is 9.97 Å². The van der Waals surface area contributed by atoms with Gasteiger partial charge in [-0.3, -0.25) is 0 Å². The number of hydrogen-bond acceptors (Lipinski definition) is 4. The average Bonchev–Trinajstić information content (AvgIpc) is 2.37. The van der Waals surface area contributed by atoms with Gasteiger partial charge in [-0.15, -0.1) is 0 Å². The van der Waals surface area contributed by atoms with Gasteiger partial charge in [0.2, 0.25) is 0 Å². The van der Waals surface area contributed by atoms with Crippen LogP contribution in [0.5, 0.6) is 0 Å². The van der Waals surface area contributed by atoms with Crippen molar-refractivity contribution in [1.29, 1.82) is 0 Å². The molecule has 1 N–H and O–H groups in total. The predicted molar refractivity (Wildman–Crippen MR) is 87.2 cm³/mol. The van der Waals surface area contributed by atoms with Gasteiger partial charge in [-0.1, -0.05) is 34.6 Å². The van der Waals surface area contributed by atoms with Crippen molar-refractivity contribution >= 4 is 21.7 Å². The molecule has 0 aliphatic heterocycles. The third-order valence-electron chi connectivity index (χ3n) is 2.73. The molecule has 0 fully saturated rings. The highest BCUT2D eigenvalue weighted by Crippen LogP contribution is 2.32. The largest absolute Gasteiger partial charge is 0.373 e. The third-order valence-corrected chi connectivity index (χ3v) is 3.48. The SMILES string of the molecule is CCCNc1nc(COCCC)nc(C(C)(C)C)c1Br. The fourth-order valence-corrected chi connectivity index (χ4v) is 2.64. The lowest BCUT2D eigenvalue weighted by Gasteiger charge is -2.22. The summed E-state index contributed by atoms with van der Waals surface area (Å²) in [5.74, 6) is 1.60. The third kappa shape index (κ3) is 5.02. The Hall–Kier alpha value is -0.680. The highest BCUT2D eigenvalue weighted by Gasteiger charge is 2.23. The molecular formula is C15H26BrN3O. The summed E-state index contributed by atoms with van der Waals surface area (Å²) in [7, 11) is 0. The topological polar surface area (TPSA) is 47.0 Å².